The van der Waals surface area contributed by atoms with Crippen molar-refractivity contribution in [2.24, 2.45) is 0 Å². The molecule has 0 aliphatic rings. The third-order valence-corrected chi connectivity index (χ3v) is 7.10. The highest BCUT2D eigenvalue weighted by molar-refractivity contribution is 9.10. The summed E-state index contributed by atoms with van der Waals surface area (Å²) in [5, 5.41) is 0. The molecule has 0 saturated carbocycles. The number of amides is 1. The second-order valence-electron chi connectivity index (χ2n) is 5.14. The van der Waals surface area contributed by atoms with Crippen molar-refractivity contribution in [3.8, 4) is 0 Å². The van der Waals surface area contributed by atoms with E-state index in [9.17, 15) is 22.8 Å². The summed E-state index contributed by atoms with van der Waals surface area (Å²) in [5.74, 6) is -2.64. The molecule has 1 amide bonds. The number of esters is 2. The fraction of sp³-hybridized carbons (Fsp3) is 0.188. The lowest BCUT2D eigenvalue weighted by molar-refractivity contribution is 0.0596. The molecule has 1 aromatic carbocycles. The average molecular weight is 476 g/mol. The van der Waals surface area contributed by atoms with E-state index in [1.165, 1.54) is 19.1 Å². The van der Waals surface area contributed by atoms with Gasteiger partial charge in [0.1, 0.15) is 4.88 Å². The van der Waals surface area contributed by atoms with Crippen molar-refractivity contribution in [2.45, 2.75) is 11.1 Å². The molecule has 0 fully saturated rings. The molecule has 144 valence electrons. The highest BCUT2D eigenvalue weighted by Gasteiger charge is 2.33. The first-order valence-corrected chi connectivity index (χ1v) is 10.3. The van der Waals surface area contributed by atoms with Crippen molar-refractivity contribution in [1.82, 2.24) is 4.72 Å². The van der Waals surface area contributed by atoms with Gasteiger partial charge in [-0.2, -0.15) is 0 Å². The molecule has 0 aliphatic carbocycles. The Kier molecular flexibility index (Phi) is 6.39. The summed E-state index contributed by atoms with van der Waals surface area (Å²) in [4.78, 5) is 36.1. The SMILES string of the molecule is COC(=O)c1sc(S(=O)(=O)NC(=O)c2ccc(Br)cc2)c(C(=O)OC)c1C. The van der Waals surface area contributed by atoms with Gasteiger partial charge in [-0.25, -0.2) is 22.7 Å². The van der Waals surface area contributed by atoms with Crippen LogP contribution in [0.2, 0.25) is 0 Å². The van der Waals surface area contributed by atoms with Crippen molar-refractivity contribution in [3.63, 3.8) is 0 Å². The van der Waals surface area contributed by atoms with E-state index < -0.39 is 32.1 Å². The molecule has 11 heteroatoms. The number of carbonyl (C=O) groups excluding carboxylic acids is 3. The zero-order valence-electron chi connectivity index (χ0n) is 14.4. The summed E-state index contributed by atoms with van der Waals surface area (Å²) < 4.78 is 36.7. The normalized spacial score (nSPS) is 11.0. The number of sulfonamides is 1. The van der Waals surface area contributed by atoms with Crippen LogP contribution in [0.25, 0.3) is 0 Å². The van der Waals surface area contributed by atoms with Crippen LogP contribution in [0.1, 0.15) is 36.0 Å². The number of hydrogen-bond acceptors (Lipinski definition) is 8. The Balaban J connectivity index is 2.51. The van der Waals surface area contributed by atoms with Crippen molar-refractivity contribution in [1.29, 1.82) is 0 Å². The molecule has 0 unspecified atom stereocenters. The molecule has 1 heterocycles. The third kappa shape index (κ3) is 4.37. The van der Waals surface area contributed by atoms with Crippen molar-refractivity contribution in [2.75, 3.05) is 14.2 Å². The van der Waals surface area contributed by atoms with Crippen molar-refractivity contribution >= 4 is 55.1 Å². The predicted octanol–water partition coefficient (Wildman–Crippen LogP) is 2.51. The summed E-state index contributed by atoms with van der Waals surface area (Å²) in [6, 6.07) is 6.00. The van der Waals surface area contributed by atoms with E-state index in [1.807, 2.05) is 4.72 Å². The fourth-order valence-electron chi connectivity index (χ4n) is 2.13. The fourth-order valence-corrected chi connectivity index (χ4v) is 5.11. The third-order valence-electron chi connectivity index (χ3n) is 3.45. The topological polar surface area (TPSA) is 116 Å². The van der Waals surface area contributed by atoms with Gasteiger partial charge in [-0.05, 0) is 36.8 Å². The maximum absolute atomic E-state index is 12.7. The van der Waals surface area contributed by atoms with Crippen molar-refractivity contribution < 1.29 is 32.3 Å². The van der Waals surface area contributed by atoms with Crippen LogP contribution < -0.4 is 4.72 Å². The lowest BCUT2D eigenvalue weighted by atomic mass is 10.2. The average Bonchev–Trinajstić information content (AvgIpc) is 2.98. The van der Waals surface area contributed by atoms with E-state index in [4.69, 9.17) is 0 Å². The number of methoxy groups -OCH3 is 2. The number of halogens is 1. The maximum Gasteiger partial charge on any atom is 0.348 e. The van der Waals surface area contributed by atoms with Crippen LogP contribution in [-0.2, 0) is 19.5 Å². The second kappa shape index (κ2) is 8.19. The molecule has 0 saturated heterocycles. The Morgan fingerprint density at radius 1 is 1.04 bits per heavy atom. The van der Waals surface area contributed by atoms with E-state index in [1.54, 1.807) is 12.1 Å². The smallest absolute Gasteiger partial charge is 0.348 e. The summed E-state index contributed by atoms with van der Waals surface area (Å²) in [6.07, 6.45) is 0. The first-order chi connectivity index (χ1) is 12.6. The van der Waals surface area contributed by atoms with Gasteiger partial charge in [0, 0.05) is 10.0 Å². The number of nitrogens with one attached hydrogen (secondary N) is 1. The van der Waals surface area contributed by atoms with Gasteiger partial charge < -0.3 is 9.47 Å². The summed E-state index contributed by atoms with van der Waals surface area (Å²) in [5.41, 5.74) is -0.128. The van der Waals surface area contributed by atoms with E-state index in [2.05, 4.69) is 25.4 Å². The van der Waals surface area contributed by atoms with Gasteiger partial charge in [-0.3, -0.25) is 4.79 Å². The molecule has 2 aromatic rings. The minimum atomic E-state index is -4.45. The quantitative estimate of drug-likeness (QED) is 0.660. The second-order valence-corrected chi connectivity index (χ2v) is 8.96. The highest BCUT2D eigenvalue weighted by atomic mass is 79.9. The molecule has 27 heavy (non-hydrogen) atoms. The summed E-state index contributed by atoms with van der Waals surface area (Å²) >= 11 is 3.74. The van der Waals surface area contributed by atoms with Crippen molar-refractivity contribution in [3.05, 3.63) is 50.3 Å². The Morgan fingerprint density at radius 3 is 2.11 bits per heavy atom. The zero-order chi connectivity index (χ0) is 20.4. The highest BCUT2D eigenvalue weighted by Crippen LogP contribution is 2.33. The lowest BCUT2D eigenvalue weighted by Crippen LogP contribution is -2.31. The van der Waals surface area contributed by atoms with Crippen LogP contribution in [0, 0.1) is 6.92 Å². The Bertz CT molecular complexity index is 1010. The zero-order valence-corrected chi connectivity index (χ0v) is 17.6. The van der Waals surface area contributed by atoms with Crippen LogP contribution in [0.15, 0.2) is 32.9 Å². The Labute approximate surface area is 167 Å². The Hall–Kier alpha value is -2.24. The molecule has 2 rings (SSSR count). The maximum atomic E-state index is 12.7. The number of benzene rings is 1. The van der Waals surface area contributed by atoms with E-state index >= 15 is 0 Å². The van der Waals surface area contributed by atoms with Gasteiger partial charge in [0.15, 0.2) is 4.21 Å². The van der Waals surface area contributed by atoms with Gasteiger partial charge >= 0.3 is 11.9 Å². The standard InChI is InChI=1S/C16H14BrNO7S2/c1-8-11(14(20)24-2)16(26-12(8)15(21)25-3)27(22,23)18-13(19)9-4-6-10(17)7-5-9/h4-7H,1-3H3,(H,18,19). The number of thiophene rings is 1. The van der Waals surface area contributed by atoms with E-state index in [0.29, 0.717) is 15.8 Å². The van der Waals surface area contributed by atoms with Gasteiger partial charge in [0.05, 0.1) is 19.8 Å². The molecule has 8 nitrogen and oxygen atoms in total. The lowest BCUT2D eigenvalue weighted by Gasteiger charge is -2.07. The van der Waals surface area contributed by atoms with Gasteiger partial charge in [-0.1, -0.05) is 15.9 Å². The van der Waals surface area contributed by atoms with E-state index in [0.717, 1.165) is 14.2 Å². The number of ether oxygens (including phenoxy) is 2. The minimum absolute atomic E-state index is 0.0747. The Morgan fingerprint density at radius 2 is 1.59 bits per heavy atom. The van der Waals surface area contributed by atoms with Crippen LogP contribution in [0.4, 0.5) is 0 Å². The number of rotatable bonds is 5. The molecular formula is C16H14BrNO7S2. The largest absolute Gasteiger partial charge is 0.465 e. The predicted molar refractivity (Wildman–Crippen MR) is 101 cm³/mol. The molecule has 0 spiro atoms. The van der Waals surface area contributed by atoms with Crippen LogP contribution >= 0.6 is 27.3 Å². The molecule has 1 aromatic heterocycles. The first-order valence-electron chi connectivity index (χ1n) is 7.25. The monoisotopic (exact) mass is 475 g/mol. The molecule has 0 radical (unpaired) electrons. The molecule has 0 bridgehead atoms. The van der Waals surface area contributed by atoms with Crippen LogP contribution in [0.5, 0.6) is 0 Å². The first kappa shape index (κ1) is 21.1. The van der Waals surface area contributed by atoms with E-state index in [-0.39, 0.29) is 21.6 Å². The van der Waals surface area contributed by atoms with Gasteiger partial charge in [0.2, 0.25) is 0 Å². The minimum Gasteiger partial charge on any atom is -0.465 e. The molecule has 1 N–H and O–H groups in total. The van der Waals surface area contributed by atoms with Crippen LogP contribution in [0.3, 0.4) is 0 Å². The molecule has 0 atom stereocenters. The van der Waals surface area contributed by atoms with Gasteiger partial charge in [-0.15, -0.1) is 11.3 Å². The summed E-state index contributed by atoms with van der Waals surface area (Å²) in [7, 11) is -2.24. The summed E-state index contributed by atoms with van der Waals surface area (Å²) in [6.45, 7) is 1.39. The van der Waals surface area contributed by atoms with Gasteiger partial charge in [0.25, 0.3) is 15.9 Å². The molecule has 0 aliphatic heterocycles. The number of hydrogen-bond donors (Lipinski definition) is 1. The van der Waals surface area contributed by atoms with Crippen LogP contribution in [-0.4, -0.2) is 40.5 Å². The number of carbonyl (C=O) groups is 3. The molecular weight excluding hydrogens is 462 g/mol.